The summed E-state index contributed by atoms with van der Waals surface area (Å²) in [5.41, 5.74) is 7.25. The van der Waals surface area contributed by atoms with Gasteiger partial charge in [0.25, 0.3) is 0 Å². The minimum atomic E-state index is -0.275. The van der Waals surface area contributed by atoms with Crippen molar-refractivity contribution in [2.45, 2.75) is 13.0 Å². The van der Waals surface area contributed by atoms with E-state index in [4.69, 9.17) is 5.73 Å². The van der Waals surface area contributed by atoms with Gasteiger partial charge in [0, 0.05) is 0 Å². The maximum atomic E-state index is 10.6. The van der Waals surface area contributed by atoms with Crippen LogP contribution in [0.2, 0.25) is 0 Å². The molecule has 0 saturated heterocycles. The molecule has 0 aliphatic heterocycles. The highest BCUT2D eigenvalue weighted by Gasteiger charge is 2.08. The van der Waals surface area contributed by atoms with Crippen LogP contribution in [0, 0.1) is 0 Å². The number of aromatic nitrogens is 2. The normalized spacial score (nSPS) is 10.6. The van der Waals surface area contributed by atoms with Gasteiger partial charge in [-0.2, -0.15) is 0 Å². The van der Waals surface area contributed by atoms with Crippen LogP contribution in [0.3, 0.4) is 0 Å². The molecule has 0 radical (unpaired) electrons. The van der Waals surface area contributed by atoms with Crippen LogP contribution in [-0.2, 0) is 11.3 Å². The van der Waals surface area contributed by atoms with E-state index >= 15 is 0 Å². The monoisotopic (exact) mass is 190 g/mol. The standard InChI is InChI=1S/C10H11N3O/c11-10(14)5-6-13-7-12-8-3-1-2-4-9(8)13/h1-4,7H,5-6H2,(H2,11,14)/p+1. The fraction of sp³-hybridized carbons (Fsp3) is 0.200. The van der Waals surface area contributed by atoms with Crippen molar-refractivity contribution >= 4 is 16.9 Å². The van der Waals surface area contributed by atoms with Gasteiger partial charge in [0.1, 0.15) is 0 Å². The second-order valence-corrected chi connectivity index (χ2v) is 3.20. The lowest BCUT2D eigenvalue weighted by Crippen LogP contribution is -2.34. The number of amides is 1. The zero-order valence-electron chi connectivity index (χ0n) is 7.73. The van der Waals surface area contributed by atoms with Crippen molar-refractivity contribution < 1.29 is 9.36 Å². The van der Waals surface area contributed by atoms with E-state index in [9.17, 15) is 4.79 Å². The Morgan fingerprint density at radius 1 is 1.43 bits per heavy atom. The first-order valence-corrected chi connectivity index (χ1v) is 4.51. The average molecular weight is 190 g/mol. The number of nitrogens with zero attached hydrogens (tertiary/aromatic N) is 1. The van der Waals surface area contributed by atoms with Crippen LogP contribution in [0.4, 0.5) is 0 Å². The summed E-state index contributed by atoms with van der Waals surface area (Å²) in [7, 11) is 0. The summed E-state index contributed by atoms with van der Waals surface area (Å²) >= 11 is 0. The van der Waals surface area contributed by atoms with Gasteiger partial charge in [-0.3, -0.25) is 4.79 Å². The minimum Gasteiger partial charge on any atom is -0.370 e. The Bertz CT molecular complexity index is 461. The molecular weight excluding hydrogens is 178 g/mol. The number of hydrogen-bond donors (Lipinski definition) is 2. The molecule has 0 bridgehead atoms. The van der Waals surface area contributed by atoms with Crippen molar-refractivity contribution in [3.8, 4) is 0 Å². The highest BCUT2D eigenvalue weighted by atomic mass is 16.1. The second-order valence-electron chi connectivity index (χ2n) is 3.20. The third-order valence-corrected chi connectivity index (χ3v) is 2.19. The number of rotatable bonds is 3. The lowest BCUT2D eigenvalue weighted by Gasteiger charge is -1.94. The van der Waals surface area contributed by atoms with E-state index < -0.39 is 0 Å². The minimum absolute atomic E-state index is 0.275. The highest BCUT2D eigenvalue weighted by Crippen LogP contribution is 2.05. The molecule has 14 heavy (non-hydrogen) atoms. The molecule has 1 heterocycles. The van der Waals surface area contributed by atoms with Crippen molar-refractivity contribution in [2.24, 2.45) is 5.73 Å². The molecule has 3 N–H and O–H groups in total. The average Bonchev–Trinajstić information content (AvgIpc) is 2.58. The highest BCUT2D eigenvalue weighted by molar-refractivity contribution is 5.73. The summed E-state index contributed by atoms with van der Waals surface area (Å²) in [6.45, 7) is 0.624. The third kappa shape index (κ3) is 1.59. The maximum Gasteiger partial charge on any atom is 0.242 e. The third-order valence-electron chi connectivity index (χ3n) is 2.19. The van der Waals surface area contributed by atoms with E-state index in [1.54, 1.807) is 0 Å². The predicted octanol–water partition coefficient (Wildman–Crippen LogP) is 0.331. The molecule has 1 aromatic carbocycles. The summed E-state index contributed by atoms with van der Waals surface area (Å²) in [6, 6.07) is 7.94. The van der Waals surface area contributed by atoms with Crippen molar-refractivity contribution in [2.75, 3.05) is 0 Å². The Morgan fingerprint density at radius 3 is 3.00 bits per heavy atom. The number of nitrogens with one attached hydrogen (secondary N) is 1. The molecule has 72 valence electrons. The molecule has 0 aliphatic rings. The van der Waals surface area contributed by atoms with E-state index in [1.165, 1.54) is 0 Å². The SMILES string of the molecule is NC(=O)CC[n+]1c[nH]c2ccccc21. The van der Waals surface area contributed by atoms with E-state index in [0.717, 1.165) is 11.0 Å². The number of para-hydroxylation sites is 2. The van der Waals surface area contributed by atoms with Gasteiger partial charge < -0.3 is 5.73 Å². The van der Waals surface area contributed by atoms with Gasteiger partial charge in [0.2, 0.25) is 12.2 Å². The Morgan fingerprint density at radius 2 is 2.21 bits per heavy atom. The number of primary amides is 1. The van der Waals surface area contributed by atoms with Gasteiger partial charge in [0.15, 0.2) is 11.0 Å². The van der Waals surface area contributed by atoms with Crippen molar-refractivity contribution in [1.29, 1.82) is 0 Å². The van der Waals surface area contributed by atoms with E-state index in [0.29, 0.717) is 13.0 Å². The fourth-order valence-electron chi connectivity index (χ4n) is 1.48. The number of H-pyrrole nitrogens is 1. The van der Waals surface area contributed by atoms with Crippen molar-refractivity contribution in [1.82, 2.24) is 4.98 Å². The first-order valence-electron chi connectivity index (χ1n) is 4.51. The van der Waals surface area contributed by atoms with Crippen LogP contribution in [0.5, 0.6) is 0 Å². The quantitative estimate of drug-likeness (QED) is 0.673. The second kappa shape index (κ2) is 3.49. The van der Waals surface area contributed by atoms with Gasteiger partial charge in [-0.1, -0.05) is 12.1 Å². The Hall–Kier alpha value is -1.84. The molecule has 0 spiro atoms. The van der Waals surface area contributed by atoms with Crippen LogP contribution < -0.4 is 10.3 Å². The lowest BCUT2D eigenvalue weighted by atomic mass is 10.3. The number of nitrogens with two attached hydrogens (primary N) is 1. The first-order chi connectivity index (χ1) is 6.77. The molecule has 1 aromatic heterocycles. The molecule has 4 nitrogen and oxygen atoms in total. The van der Waals surface area contributed by atoms with Crippen molar-refractivity contribution in [3.63, 3.8) is 0 Å². The number of imidazole rings is 1. The topological polar surface area (TPSA) is 62.8 Å². The molecule has 0 unspecified atom stereocenters. The van der Waals surface area contributed by atoms with Crippen LogP contribution in [-0.4, -0.2) is 10.9 Å². The number of aromatic amines is 1. The molecule has 2 rings (SSSR count). The predicted molar refractivity (Wildman–Crippen MR) is 52.3 cm³/mol. The first kappa shape index (κ1) is 8.74. The van der Waals surface area contributed by atoms with E-state index in [1.807, 2.05) is 35.2 Å². The van der Waals surface area contributed by atoms with Crippen molar-refractivity contribution in [3.05, 3.63) is 30.6 Å². The van der Waals surface area contributed by atoms with Gasteiger partial charge in [-0.15, -0.1) is 0 Å². The summed E-state index contributed by atoms with van der Waals surface area (Å²) < 4.78 is 1.99. The Kier molecular flexibility index (Phi) is 2.18. The maximum absolute atomic E-state index is 10.6. The molecule has 4 heteroatoms. The molecule has 0 atom stereocenters. The van der Waals surface area contributed by atoms with E-state index in [2.05, 4.69) is 4.98 Å². The van der Waals surface area contributed by atoms with Crippen LogP contribution in [0.15, 0.2) is 30.6 Å². The Labute approximate surface area is 81.3 Å². The van der Waals surface area contributed by atoms with Gasteiger partial charge in [0.05, 0.1) is 13.0 Å². The fourth-order valence-corrected chi connectivity index (χ4v) is 1.48. The van der Waals surface area contributed by atoms with Crippen LogP contribution in [0.25, 0.3) is 11.0 Å². The molecule has 0 aliphatic carbocycles. The summed E-state index contributed by atoms with van der Waals surface area (Å²) in [6.07, 6.45) is 2.22. The van der Waals surface area contributed by atoms with Crippen LogP contribution >= 0.6 is 0 Å². The Balaban J connectivity index is 2.29. The molecule has 0 saturated carbocycles. The molecule has 1 amide bonds. The summed E-state index contributed by atoms with van der Waals surface area (Å²) in [5.74, 6) is -0.275. The molecule has 2 aromatic rings. The number of carbonyl (C=O) groups is 1. The smallest absolute Gasteiger partial charge is 0.242 e. The van der Waals surface area contributed by atoms with Gasteiger partial charge in [-0.05, 0) is 12.1 Å². The number of aryl methyl sites for hydroxylation is 1. The zero-order valence-corrected chi connectivity index (χ0v) is 7.73. The number of fused-ring (bicyclic) bond motifs is 1. The largest absolute Gasteiger partial charge is 0.370 e. The number of benzene rings is 1. The van der Waals surface area contributed by atoms with E-state index in [-0.39, 0.29) is 5.91 Å². The van der Waals surface area contributed by atoms with Gasteiger partial charge in [-0.25, -0.2) is 9.55 Å². The summed E-state index contributed by atoms with van der Waals surface area (Å²) in [4.78, 5) is 13.8. The zero-order chi connectivity index (χ0) is 9.97. The van der Waals surface area contributed by atoms with Crippen LogP contribution in [0.1, 0.15) is 6.42 Å². The number of carbonyl (C=O) groups excluding carboxylic acids is 1. The lowest BCUT2D eigenvalue weighted by molar-refractivity contribution is -0.670. The molecule has 0 fully saturated rings. The van der Waals surface area contributed by atoms with Gasteiger partial charge >= 0.3 is 0 Å². The molecular formula is C10H12N3O+. The summed E-state index contributed by atoms with van der Waals surface area (Å²) in [5, 5.41) is 0. The number of hydrogen-bond acceptors (Lipinski definition) is 1.